The molecule has 1 aliphatic rings. The molecule has 1 aliphatic heterocycles. The van der Waals surface area contributed by atoms with Gasteiger partial charge in [0.2, 0.25) is 0 Å². The Hall–Kier alpha value is -1.52. The van der Waals surface area contributed by atoms with E-state index in [0.29, 0.717) is 0 Å². The van der Waals surface area contributed by atoms with Crippen LogP contribution in [0, 0.1) is 0 Å². The average molecular weight is 277 g/mol. The smallest absolute Gasteiger partial charge is 0.161 e. The Balaban J connectivity index is 1.79. The maximum Gasteiger partial charge on any atom is 0.161 e. The quantitative estimate of drug-likeness (QED) is 0.777. The van der Waals surface area contributed by atoms with Crippen LogP contribution in [0.3, 0.4) is 0 Å². The van der Waals surface area contributed by atoms with E-state index in [1.807, 2.05) is 12.1 Å². The molecule has 4 nitrogen and oxygen atoms in total. The molecule has 4 heteroatoms. The van der Waals surface area contributed by atoms with Crippen LogP contribution >= 0.6 is 0 Å². The van der Waals surface area contributed by atoms with E-state index >= 15 is 0 Å². The number of rotatable bonds is 7. The minimum Gasteiger partial charge on any atom is -0.490 e. The van der Waals surface area contributed by atoms with Crippen molar-refractivity contribution in [3.8, 4) is 11.5 Å². The minimum atomic E-state index is 0.726. The van der Waals surface area contributed by atoms with E-state index in [1.165, 1.54) is 0 Å². The van der Waals surface area contributed by atoms with Crippen LogP contribution in [0.25, 0.3) is 6.08 Å². The van der Waals surface area contributed by atoms with Crippen molar-refractivity contribution in [2.75, 3.05) is 40.0 Å². The first-order chi connectivity index (χ1) is 9.90. The standard InChI is InChI=1S/C16H23NO3/c1-18-12-9-17-8-3-2-5-14-6-7-15-16(13-14)20-11-4-10-19-15/h2,5-7,13,17H,3-4,8-12H2,1H3. The highest BCUT2D eigenvalue weighted by Gasteiger charge is 2.09. The summed E-state index contributed by atoms with van der Waals surface area (Å²) in [5.41, 5.74) is 1.14. The molecule has 0 aliphatic carbocycles. The zero-order valence-electron chi connectivity index (χ0n) is 12.1. The molecule has 2 rings (SSSR count). The summed E-state index contributed by atoms with van der Waals surface area (Å²) < 4.78 is 16.3. The summed E-state index contributed by atoms with van der Waals surface area (Å²) >= 11 is 0. The van der Waals surface area contributed by atoms with Crippen LogP contribution in [0.5, 0.6) is 11.5 Å². The van der Waals surface area contributed by atoms with Crippen LogP contribution < -0.4 is 14.8 Å². The molecule has 1 N–H and O–H groups in total. The number of hydrogen-bond acceptors (Lipinski definition) is 4. The molecule has 0 aromatic heterocycles. The molecule has 0 unspecified atom stereocenters. The van der Waals surface area contributed by atoms with E-state index in [4.69, 9.17) is 14.2 Å². The fraction of sp³-hybridized carbons (Fsp3) is 0.500. The van der Waals surface area contributed by atoms with Gasteiger partial charge in [0, 0.05) is 20.1 Å². The molecule has 0 saturated carbocycles. The Morgan fingerprint density at radius 3 is 2.90 bits per heavy atom. The monoisotopic (exact) mass is 277 g/mol. The van der Waals surface area contributed by atoms with Crippen LogP contribution in [0.1, 0.15) is 18.4 Å². The van der Waals surface area contributed by atoms with E-state index in [9.17, 15) is 0 Å². The first-order valence-corrected chi connectivity index (χ1v) is 7.16. The van der Waals surface area contributed by atoms with Gasteiger partial charge in [0.05, 0.1) is 19.8 Å². The fourth-order valence-electron chi connectivity index (χ4n) is 1.99. The third-order valence-corrected chi connectivity index (χ3v) is 3.05. The van der Waals surface area contributed by atoms with Crippen LogP contribution in [-0.4, -0.2) is 40.0 Å². The summed E-state index contributed by atoms with van der Waals surface area (Å²) in [5, 5.41) is 3.31. The van der Waals surface area contributed by atoms with E-state index in [1.54, 1.807) is 7.11 Å². The van der Waals surface area contributed by atoms with Crippen molar-refractivity contribution in [2.45, 2.75) is 12.8 Å². The van der Waals surface area contributed by atoms with Gasteiger partial charge >= 0.3 is 0 Å². The van der Waals surface area contributed by atoms with Gasteiger partial charge in [-0.05, 0) is 30.7 Å². The summed E-state index contributed by atoms with van der Waals surface area (Å²) in [4.78, 5) is 0. The van der Waals surface area contributed by atoms with Gasteiger partial charge in [-0.1, -0.05) is 18.2 Å². The largest absolute Gasteiger partial charge is 0.490 e. The van der Waals surface area contributed by atoms with Gasteiger partial charge in [0.15, 0.2) is 11.5 Å². The lowest BCUT2D eigenvalue weighted by Gasteiger charge is -2.07. The third kappa shape index (κ3) is 4.87. The van der Waals surface area contributed by atoms with Gasteiger partial charge in [-0.3, -0.25) is 0 Å². The van der Waals surface area contributed by atoms with Crippen molar-refractivity contribution in [1.82, 2.24) is 5.32 Å². The van der Waals surface area contributed by atoms with Crippen molar-refractivity contribution < 1.29 is 14.2 Å². The molecule has 0 saturated heterocycles. The molecule has 0 spiro atoms. The lowest BCUT2D eigenvalue weighted by Crippen LogP contribution is -2.19. The molecule has 0 fully saturated rings. The second kappa shape index (κ2) is 8.61. The van der Waals surface area contributed by atoms with Gasteiger partial charge in [-0.15, -0.1) is 0 Å². The summed E-state index contributed by atoms with van der Waals surface area (Å²) in [6.45, 7) is 4.07. The van der Waals surface area contributed by atoms with Crippen molar-refractivity contribution in [3.05, 3.63) is 29.8 Å². The molecule has 1 heterocycles. The van der Waals surface area contributed by atoms with Crippen LogP contribution in [0.15, 0.2) is 24.3 Å². The minimum absolute atomic E-state index is 0.726. The lowest BCUT2D eigenvalue weighted by atomic mass is 10.1. The van der Waals surface area contributed by atoms with Gasteiger partial charge < -0.3 is 19.5 Å². The maximum absolute atomic E-state index is 5.68. The third-order valence-electron chi connectivity index (χ3n) is 3.05. The SMILES string of the molecule is COCCNCCC=Cc1ccc2c(c1)OCCCO2. The Morgan fingerprint density at radius 1 is 1.20 bits per heavy atom. The summed E-state index contributed by atoms with van der Waals surface area (Å²) in [7, 11) is 1.71. The van der Waals surface area contributed by atoms with E-state index in [2.05, 4.69) is 23.5 Å². The Morgan fingerprint density at radius 2 is 2.05 bits per heavy atom. The fourth-order valence-corrected chi connectivity index (χ4v) is 1.99. The number of benzene rings is 1. The molecule has 20 heavy (non-hydrogen) atoms. The number of ether oxygens (including phenoxy) is 3. The zero-order valence-corrected chi connectivity index (χ0v) is 12.1. The van der Waals surface area contributed by atoms with Gasteiger partial charge in [0.1, 0.15) is 0 Å². The molecule has 0 radical (unpaired) electrons. The van der Waals surface area contributed by atoms with Crippen molar-refractivity contribution in [3.63, 3.8) is 0 Å². The second-order valence-corrected chi connectivity index (χ2v) is 4.69. The van der Waals surface area contributed by atoms with Crippen LogP contribution in [-0.2, 0) is 4.74 Å². The summed E-state index contributed by atoms with van der Waals surface area (Å²) in [5.74, 6) is 1.70. The van der Waals surface area contributed by atoms with Crippen LogP contribution in [0.2, 0.25) is 0 Å². The highest BCUT2D eigenvalue weighted by Crippen LogP contribution is 2.30. The highest BCUT2D eigenvalue weighted by atomic mass is 16.5. The van der Waals surface area contributed by atoms with E-state index in [-0.39, 0.29) is 0 Å². The normalized spacial score (nSPS) is 14.4. The molecular weight excluding hydrogens is 254 g/mol. The maximum atomic E-state index is 5.68. The molecule has 0 atom stereocenters. The molecule has 0 bridgehead atoms. The van der Waals surface area contributed by atoms with E-state index in [0.717, 1.165) is 62.8 Å². The zero-order chi connectivity index (χ0) is 14.0. The predicted octanol–water partition coefficient (Wildman–Crippen LogP) is 2.49. The number of hydrogen-bond donors (Lipinski definition) is 1. The van der Waals surface area contributed by atoms with Crippen molar-refractivity contribution in [1.29, 1.82) is 0 Å². The lowest BCUT2D eigenvalue weighted by molar-refractivity contribution is 0.199. The number of fused-ring (bicyclic) bond motifs is 1. The first kappa shape index (κ1) is 14.9. The Labute approximate surface area is 120 Å². The first-order valence-electron chi connectivity index (χ1n) is 7.16. The topological polar surface area (TPSA) is 39.7 Å². The molecule has 110 valence electrons. The molecular formula is C16H23NO3. The highest BCUT2D eigenvalue weighted by molar-refractivity contribution is 5.56. The van der Waals surface area contributed by atoms with Crippen molar-refractivity contribution >= 4 is 6.08 Å². The average Bonchev–Trinajstić information content (AvgIpc) is 2.71. The summed E-state index contributed by atoms with van der Waals surface area (Å²) in [6, 6.07) is 6.08. The predicted molar refractivity (Wildman–Crippen MR) is 80.4 cm³/mol. The Bertz CT molecular complexity index is 432. The second-order valence-electron chi connectivity index (χ2n) is 4.69. The van der Waals surface area contributed by atoms with E-state index < -0.39 is 0 Å². The van der Waals surface area contributed by atoms with Gasteiger partial charge in [-0.25, -0.2) is 0 Å². The van der Waals surface area contributed by atoms with Crippen molar-refractivity contribution in [2.24, 2.45) is 0 Å². The van der Waals surface area contributed by atoms with Crippen LogP contribution in [0.4, 0.5) is 0 Å². The summed E-state index contributed by atoms with van der Waals surface area (Å²) in [6.07, 6.45) is 6.22. The van der Waals surface area contributed by atoms with Gasteiger partial charge in [0.25, 0.3) is 0 Å². The number of methoxy groups -OCH3 is 1. The Kier molecular flexibility index (Phi) is 6.41. The molecule has 1 aromatic rings. The number of nitrogens with one attached hydrogen (secondary N) is 1. The molecule has 1 aromatic carbocycles. The van der Waals surface area contributed by atoms with Gasteiger partial charge in [-0.2, -0.15) is 0 Å². The molecule has 0 amide bonds.